The number of nitrogens with two attached hydrogens (primary N) is 1. The first kappa shape index (κ1) is 10.6. The van der Waals surface area contributed by atoms with E-state index in [9.17, 15) is 9.59 Å². The zero-order chi connectivity index (χ0) is 10.6. The number of amides is 3. The molecule has 3 amide bonds. The molecule has 5 heteroatoms. The third kappa shape index (κ3) is 2.76. The van der Waals surface area contributed by atoms with Crippen molar-refractivity contribution in [2.75, 3.05) is 19.6 Å². The summed E-state index contributed by atoms with van der Waals surface area (Å²) in [6, 6.07) is -0.0323. The van der Waals surface area contributed by atoms with Gasteiger partial charge in [-0.15, -0.1) is 0 Å². The van der Waals surface area contributed by atoms with E-state index in [1.165, 1.54) is 0 Å². The molecule has 0 aromatic carbocycles. The van der Waals surface area contributed by atoms with Gasteiger partial charge in [0.15, 0.2) is 0 Å². The lowest BCUT2D eigenvalue weighted by Gasteiger charge is -2.11. The fourth-order valence-corrected chi connectivity index (χ4v) is 1.26. The summed E-state index contributed by atoms with van der Waals surface area (Å²) in [5.41, 5.74) is 5.60. The topological polar surface area (TPSA) is 75.4 Å². The highest BCUT2D eigenvalue weighted by Crippen LogP contribution is 2.00. The first-order valence-electron chi connectivity index (χ1n) is 4.60. The molecule has 0 atom stereocenters. The van der Waals surface area contributed by atoms with Gasteiger partial charge in [-0.1, -0.05) is 6.08 Å². The fraction of sp³-hybridized carbons (Fsp3) is 0.556. The van der Waals surface area contributed by atoms with Crippen molar-refractivity contribution in [1.29, 1.82) is 0 Å². The third-order valence-electron chi connectivity index (χ3n) is 2.18. The van der Waals surface area contributed by atoms with Crippen LogP contribution in [0.3, 0.4) is 0 Å². The van der Waals surface area contributed by atoms with Crippen LogP contribution >= 0.6 is 0 Å². The maximum Gasteiger partial charge on any atom is 0.317 e. The summed E-state index contributed by atoms with van der Waals surface area (Å²) in [5, 5.41) is 2.71. The van der Waals surface area contributed by atoms with E-state index in [0.717, 1.165) is 6.54 Å². The number of carbonyl (C=O) groups is 2. The molecule has 0 saturated carbocycles. The summed E-state index contributed by atoms with van der Waals surface area (Å²) in [6.07, 6.45) is 2.43. The van der Waals surface area contributed by atoms with Gasteiger partial charge in [0.05, 0.1) is 0 Å². The number of primary amides is 1. The molecule has 5 nitrogen and oxygen atoms in total. The SMILES string of the molecule is CC(=CCCN1CCNC1=O)C(N)=O. The molecule has 0 bridgehead atoms. The van der Waals surface area contributed by atoms with E-state index in [2.05, 4.69) is 5.32 Å². The van der Waals surface area contributed by atoms with Crippen LogP contribution in [0.15, 0.2) is 11.6 Å². The molecule has 1 aliphatic heterocycles. The largest absolute Gasteiger partial charge is 0.366 e. The molecule has 78 valence electrons. The predicted octanol–water partition coefficient (Wildman–Crippen LogP) is -0.167. The number of nitrogens with zero attached hydrogens (tertiary/aromatic N) is 1. The van der Waals surface area contributed by atoms with Crippen LogP contribution in [-0.2, 0) is 4.79 Å². The van der Waals surface area contributed by atoms with E-state index in [4.69, 9.17) is 5.73 Å². The van der Waals surface area contributed by atoms with E-state index >= 15 is 0 Å². The highest BCUT2D eigenvalue weighted by molar-refractivity contribution is 5.91. The summed E-state index contributed by atoms with van der Waals surface area (Å²) >= 11 is 0. The zero-order valence-corrected chi connectivity index (χ0v) is 8.25. The number of nitrogens with one attached hydrogen (secondary N) is 1. The van der Waals surface area contributed by atoms with Crippen molar-refractivity contribution >= 4 is 11.9 Å². The number of urea groups is 1. The molecule has 1 fully saturated rings. The second kappa shape index (κ2) is 4.64. The van der Waals surface area contributed by atoms with Crippen LogP contribution in [0.2, 0.25) is 0 Å². The quantitative estimate of drug-likeness (QED) is 0.614. The Kier molecular flexibility index (Phi) is 3.50. The van der Waals surface area contributed by atoms with Crippen LogP contribution in [0.5, 0.6) is 0 Å². The summed E-state index contributed by atoms with van der Waals surface area (Å²) in [5.74, 6) is -0.407. The summed E-state index contributed by atoms with van der Waals surface area (Å²) in [6.45, 7) is 3.75. The van der Waals surface area contributed by atoms with Gasteiger partial charge < -0.3 is 16.0 Å². The highest BCUT2D eigenvalue weighted by Gasteiger charge is 2.17. The Labute approximate surface area is 82.9 Å². The van der Waals surface area contributed by atoms with Gasteiger partial charge in [-0.2, -0.15) is 0 Å². The Morgan fingerprint density at radius 2 is 2.43 bits per heavy atom. The van der Waals surface area contributed by atoms with Crippen LogP contribution in [0.4, 0.5) is 4.79 Å². The molecule has 0 aromatic rings. The fourth-order valence-electron chi connectivity index (χ4n) is 1.26. The monoisotopic (exact) mass is 197 g/mol. The molecule has 1 saturated heterocycles. The minimum absolute atomic E-state index is 0.0323. The van der Waals surface area contributed by atoms with E-state index in [0.29, 0.717) is 25.1 Å². The highest BCUT2D eigenvalue weighted by atomic mass is 16.2. The number of carbonyl (C=O) groups excluding carboxylic acids is 2. The molecule has 0 radical (unpaired) electrons. The van der Waals surface area contributed by atoms with Crippen LogP contribution < -0.4 is 11.1 Å². The van der Waals surface area contributed by atoms with Crippen molar-refractivity contribution in [3.05, 3.63) is 11.6 Å². The van der Waals surface area contributed by atoms with Crippen LogP contribution in [0, 0.1) is 0 Å². The Hall–Kier alpha value is -1.52. The van der Waals surface area contributed by atoms with Crippen LogP contribution in [0.25, 0.3) is 0 Å². The Morgan fingerprint density at radius 1 is 1.71 bits per heavy atom. The minimum Gasteiger partial charge on any atom is -0.366 e. The Balaban J connectivity index is 2.30. The van der Waals surface area contributed by atoms with Crippen molar-refractivity contribution in [1.82, 2.24) is 10.2 Å². The first-order valence-corrected chi connectivity index (χ1v) is 4.60. The molecule has 0 unspecified atom stereocenters. The molecule has 0 aliphatic carbocycles. The maximum atomic E-state index is 11.1. The Morgan fingerprint density at radius 3 is 2.93 bits per heavy atom. The van der Waals surface area contributed by atoms with Crippen LogP contribution in [0.1, 0.15) is 13.3 Å². The van der Waals surface area contributed by atoms with Gasteiger partial charge in [0, 0.05) is 25.2 Å². The molecule has 0 spiro atoms. The van der Waals surface area contributed by atoms with Gasteiger partial charge in [-0.3, -0.25) is 4.79 Å². The van der Waals surface area contributed by atoms with Gasteiger partial charge in [0.25, 0.3) is 0 Å². The van der Waals surface area contributed by atoms with Gasteiger partial charge in [0.1, 0.15) is 0 Å². The van der Waals surface area contributed by atoms with Crippen molar-refractivity contribution in [3.8, 4) is 0 Å². The molecular weight excluding hydrogens is 182 g/mol. The van der Waals surface area contributed by atoms with E-state index < -0.39 is 5.91 Å². The molecule has 1 heterocycles. The average Bonchev–Trinajstić information content (AvgIpc) is 2.51. The predicted molar refractivity (Wildman–Crippen MR) is 52.5 cm³/mol. The second-order valence-corrected chi connectivity index (χ2v) is 3.26. The normalized spacial score (nSPS) is 17.1. The third-order valence-corrected chi connectivity index (χ3v) is 2.18. The first-order chi connectivity index (χ1) is 6.61. The van der Waals surface area contributed by atoms with Crippen molar-refractivity contribution in [2.24, 2.45) is 5.73 Å². The second-order valence-electron chi connectivity index (χ2n) is 3.26. The lowest BCUT2D eigenvalue weighted by Crippen LogP contribution is -2.28. The van der Waals surface area contributed by atoms with Gasteiger partial charge >= 0.3 is 6.03 Å². The van der Waals surface area contributed by atoms with Crippen molar-refractivity contribution in [3.63, 3.8) is 0 Å². The van der Waals surface area contributed by atoms with Crippen LogP contribution in [-0.4, -0.2) is 36.5 Å². The smallest absolute Gasteiger partial charge is 0.317 e. The van der Waals surface area contributed by atoms with E-state index in [1.807, 2.05) is 0 Å². The minimum atomic E-state index is -0.407. The summed E-state index contributed by atoms with van der Waals surface area (Å²) in [4.78, 5) is 23.5. The molecule has 0 aromatic heterocycles. The number of hydrogen-bond donors (Lipinski definition) is 2. The van der Waals surface area contributed by atoms with Gasteiger partial charge in [-0.05, 0) is 13.3 Å². The molecule has 1 aliphatic rings. The van der Waals surface area contributed by atoms with Crippen molar-refractivity contribution < 1.29 is 9.59 Å². The maximum absolute atomic E-state index is 11.1. The van der Waals surface area contributed by atoms with Gasteiger partial charge in [-0.25, -0.2) is 4.79 Å². The molecule has 1 rings (SSSR count). The zero-order valence-electron chi connectivity index (χ0n) is 8.25. The van der Waals surface area contributed by atoms with E-state index in [-0.39, 0.29) is 6.03 Å². The summed E-state index contributed by atoms with van der Waals surface area (Å²) < 4.78 is 0. The average molecular weight is 197 g/mol. The van der Waals surface area contributed by atoms with E-state index in [1.54, 1.807) is 17.9 Å². The lowest BCUT2D eigenvalue weighted by molar-refractivity contribution is -0.114. The number of rotatable bonds is 4. The summed E-state index contributed by atoms with van der Waals surface area (Å²) in [7, 11) is 0. The Bertz CT molecular complexity index is 273. The molecule has 14 heavy (non-hydrogen) atoms. The molecule has 3 N–H and O–H groups in total. The van der Waals surface area contributed by atoms with Gasteiger partial charge in [0.2, 0.25) is 5.91 Å². The van der Waals surface area contributed by atoms with Crippen molar-refractivity contribution in [2.45, 2.75) is 13.3 Å². The standard InChI is InChI=1S/C9H15N3O2/c1-7(8(10)13)3-2-5-12-6-4-11-9(12)14/h3H,2,4-6H2,1H3,(H2,10,13)(H,11,14). The number of hydrogen-bond acceptors (Lipinski definition) is 2. The molecular formula is C9H15N3O2. The lowest BCUT2D eigenvalue weighted by atomic mass is 10.2.